The van der Waals surface area contributed by atoms with Crippen molar-refractivity contribution in [2.45, 2.75) is 59.9 Å². The highest BCUT2D eigenvalue weighted by atomic mass is 35.5. The Morgan fingerprint density at radius 1 is 1.25 bits per heavy atom. The molecule has 0 fully saturated rings. The van der Waals surface area contributed by atoms with Crippen LogP contribution in [0.15, 0.2) is 24.3 Å². The molecule has 0 radical (unpaired) electrons. The van der Waals surface area contributed by atoms with E-state index >= 15 is 0 Å². The van der Waals surface area contributed by atoms with Gasteiger partial charge in [0.2, 0.25) is 0 Å². The Bertz CT molecular complexity index is 395. The molecule has 0 amide bonds. The van der Waals surface area contributed by atoms with E-state index in [0.717, 1.165) is 23.9 Å². The van der Waals surface area contributed by atoms with Crippen LogP contribution in [0, 0.1) is 11.3 Å². The van der Waals surface area contributed by atoms with Crippen LogP contribution in [0.3, 0.4) is 0 Å². The fourth-order valence-electron chi connectivity index (χ4n) is 3.09. The predicted octanol–water partition coefficient (Wildman–Crippen LogP) is 5.32. The van der Waals surface area contributed by atoms with E-state index in [9.17, 15) is 0 Å². The van der Waals surface area contributed by atoms with Crippen LogP contribution in [0.1, 0.15) is 53.0 Å². The first kappa shape index (κ1) is 17.5. The SMILES string of the molecule is CCNC(Cc1cccc(Cl)c1)CC(C)CC(C)(C)C. The van der Waals surface area contributed by atoms with Gasteiger partial charge in [0, 0.05) is 11.1 Å². The fraction of sp³-hybridized carbons (Fsp3) is 0.667. The van der Waals surface area contributed by atoms with Gasteiger partial charge in [-0.05, 0) is 54.8 Å². The minimum Gasteiger partial charge on any atom is -0.314 e. The van der Waals surface area contributed by atoms with E-state index in [1.165, 1.54) is 18.4 Å². The van der Waals surface area contributed by atoms with Crippen LogP contribution >= 0.6 is 11.6 Å². The fourth-order valence-corrected chi connectivity index (χ4v) is 3.30. The van der Waals surface area contributed by atoms with Crippen LogP contribution in [-0.4, -0.2) is 12.6 Å². The second kappa shape index (κ2) is 8.05. The van der Waals surface area contributed by atoms with Crippen molar-refractivity contribution in [3.8, 4) is 0 Å². The Labute approximate surface area is 130 Å². The normalized spacial score (nSPS) is 15.1. The van der Waals surface area contributed by atoms with E-state index in [1.54, 1.807) is 0 Å². The minimum absolute atomic E-state index is 0.409. The van der Waals surface area contributed by atoms with Crippen molar-refractivity contribution in [2.75, 3.05) is 6.54 Å². The number of rotatable bonds is 7. The van der Waals surface area contributed by atoms with Crippen molar-refractivity contribution in [1.82, 2.24) is 5.32 Å². The summed E-state index contributed by atoms with van der Waals surface area (Å²) in [7, 11) is 0. The van der Waals surface area contributed by atoms with Crippen LogP contribution in [-0.2, 0) is 6.42 Å². The van der Waals surface area contributed by atoms with Gasteiger partial charge >= 0.3 is 0 Å². The van der Waals surface area contributed by atoms with E-state index in [1.807, 2.05) is 12.1 Å². The van der Waals surface area contributed by atoms with E-state index in [4.69, 9.17) is 11.6 Å². The van der Waals surface area contributed by atoms with E-state index < -0.39 is 0 Å². The molecule has 0 aliphatic carbocycles. The number of likely N-dealkylation sites (N-methyl/N-ethyl adjacent to an activating group) is 1. The Hall–Kier alpha value is -0.530. The third-order valence-corrected chi connectivity index (χ3v) is 3.75. The number of benzene rings is 1. The van der Waals surface area contributed by atoms with Gasteiger partial charge in [-0.2, -0.15) is 0 Å². The molecule has 0 heterocycles. The highest BCUT2D eigenvalue weighted by molar-refractivity contribution is 6.30. The van der Waals surface area contributed by atoms with Crippen LogP contribution < -0.4 is 5.32 Å². The molecule has 0 aliphatic heterocycles. The summed E-state index contributed by atoms with van der Waals surface area (Å²) in [6.07, 6.45) is 3.55. The zero-order chi connectivity index (χ0) is 15.2. The molecule has 1 rings (SSSR count). The number of nitrogens with one attached hydrogen (secondary N) is 1. The summed E-state index contributed by atoms with van der Waals surface area (Å²) < 4.78 is 0. The van der Waals surface area contributed by atoms with Crippen LogP contribution in [0.4, 0.5) is 0 Å². The lowest BCUT2D eigenvalue weighted by molar-refractivity contribution is 0.275. The molecule has 20 heavy (non-hydrogen) atoms. The highest BCUT2D eigenvalue weighted by Gasteiger charge is 2.19. The summed E-state index contributed by atoms with van der Waals surface area (Å²) in [4.78, 5) is 0. The number of hydrogen-bond acceptors (Lipinski definition) is 1. The molecule has 2 unspecified atom stereocenters. The van der Waals surface area contributed by atoms with Crippen LogP contribution in [0.5, 0.6) is 0 Å². The molecule has 0 aliphatic rings. The standard InChI is InChI=1S/C18H30ClN/c1-6-20-17(10-14(2)13-18(3,4)5)12-15-8-7-9-16(19)11-15/h7-9,11,14,17,20H,6,10,12-13H2,1-5H3. The van der Waals surface area contributed by atoms with Gasteiger partial charge in [0.25, 0.3) is 0 Å². The lowest BCUT2D eigenvalue weighted by Crippen LogP contribution is -2.33. The van der Waals surface area contributed by atoms with E-state index in [2.05, 4.69) is 52.1 Å². The number of hydrogen-bond donors (Lipinski definition) is 1. The summed E-state index contributed by atoms with van der Waals surface area (Å²) >= 11 is 6.08. The summed E-state index contributed by atoms with van der Waals surface area (Å²) in [5.41, 5.74) is 1.73. The lowest BCUT2D eigenvalue weighted by atomic mass is 9.82. The summed E-state index contributed by atoms with van der Waals surface area (Å²) in [6.45, 7) is 12.5. The molecular weight excluding hydrogens is 266 g/mol. The van der Waals surface area contributed by atoms with E-state index in [0.29, 0.717) is 11.5 Å². The second-order valence-corrected chi connectivity index (χ2v) is 7.63. The molecule has 0 aromatic heterocycles. The first-order valence-corrected chi connectivity index (χ1v) is 8.16. The Morgan fingerprint density at radius 2 is 1.95 bits per heavy atom. The molecule has 0 saturated heterocycles. The van der Waals surface area contributed by atoms with Crippen molar-refractivity contribution in [3.63, 3.8) is 0 Å². The van der Waals surface area contributed by atoms with Crippen LogP contribution in [0.2, 0.25) is 5.02 Å². The molecule has 0 saturated carbocycles. The monoisotopic (exact) mass is 295 g/mol. The average molecular weight is 296 g/mol. The molecule has 1 nitrogen and oxygen atoms in total. The minimum atomic E-state index is 0.409. The van der Waals surface area contributed by atoms with E-state index in [-0.39, 0.29) is 0 Å². The quantitative estimate of drug-likeness (QED) is 0.717. The molecule has 1 aromatic carbocycles. The van der Waals surface area contributed by atoms with Crippen molar-refractivity contribution < 1.29 is 0 Å². The molecule has 2 atom stereocenters. The average Bonchev–Trinajstić information content (AvgIpc) is 2.26. The van der Waals surface area contributed by atoms with Crippen molar-refractivity contribution >= 4 is 11.6 Å². The molecule has 0 spiro atoms. The summed E-state index contributed by atoms with van der Waals surface area (Å²) in [6, 6.07) is 8.77. The third-order valence-electron chi connectivity index (χ3n) is 3.51. The zero-order valence-corrected chi connectivity index (χ0v) is 14.4. The summed E-state index contributed by atoms with van der Waals surface area (Å²) in [5, 5.41) is 4.46. The molecule has 2 heteroatoms. The zero-order valence-electron chi connectivity index (χ0n) is 13.7. The maximum Gasteiger partial charge on any atom is 0.0408 e. The first-order valence-electron chi connectivity index (χ1n) is 7.78. The first-order chi connectivity index (χ1) is 9.30. The van der Waals surface area contributed by atoms with Gasteiger partial charge in [-0.1, -0.05) is 58.4 Å². The molecule has 0 bridgehead atoms. The van der Waals surface area contributed by atoms with Gasteiger partial charge in [0.15, 0.2) is 0 Å². The third kappa shape index (κ3) is 7.31. The van der Waals surface area contributed by atoms with Crippen LogP contribution in [0.25, 0.3) is 0 Å². The molecular formula is C18H30ClN. The molecule has 1 aromatic rings. The maximum atomic E-state index is 6.08. The van der Waals surface area contributed by atoms with Gasteiger partial charge in [-0.15, -0.1) is 0 Å². The van der Waals surface area contributed by atoms with Crippen molar-refractivity contribution in [2.24, 2.45) is 11.3 Å². The summed E-state index contributed by atoms with van der Waals surface area (Å²) in [5.74, 6) is 0.734. The lowest BCUT2D eigenvalue weighted by Gasteiger charge is -2.27. The maximum absolute atomic E-state index is 6.08. The number of halogens is 1. The predicted molar refractivity (Wildman–Crippen MR) is 90.5 cm³/mol. The Balaban J connectivity index is 2.60. The molecule has 114 valence electrons. The second-order valence-electron chi connectivity index (χ2n) is 7.19. The van der Waals surface area contributed by atoms with Gasteiger partial charge < -0.3 is 5.32 Å². The van der Waals surface area contributed by atoms with Gasteiger partial charge in [-0.25, -0.2) is 0 Å². The largest absolute Gasteiger partial charge is 0.314 e. The smallest absolute Gasteiger partial charge is 0.0408 e. The highest BCUT2D eigenvalue weighted by Crippen LogP contribution is 2.27. The van der Waals surface area contributed by atoms with Crippen molar-refractivity contribution in [1.29, 1.82) is 0 Å². The van der Waals surface area contributed by atoms with Crippen molar-refractivity contribution in [3.05, 3.63) is 34.9 Å². The topological polar surface area (TPSA) is 12.0 Å². The Kier molecular flexibility index (Phi) is 7.05. The molecule has 1 N–H and O–H groups in total. The van der Waals surface area contributed by atoms with Gasteiger partial charge in [-0.3, -0.25) is 0 Å². The van der Waals surface area contributed by atoms with Gasteiger partial charge in [0.05, 0.1) is 0 Å². The van der Waals surface area contributed by atoms with Gasteiger partial charge in [0.1, 0.15) is 0 Å². The Morgan fingerprint density at radius 3 is 2.50 bits per heavy atom.